The van der Waals surface area contributed by atoms with E-state index in [-0.39, 0.29) is 12.6 Å². The molecule has 0 radical (unpaired) electrons. The molecular weight excluding hydrogens is 270 g/mol. The first kappa shape index (κ1) is 17.1. The van der Waals surface area contributed by atoms with Gasteiger partial charge in [0.05, 0.1) is 6.61 Å². The molecule has 6 heteroatoms. The zero-order chi connectivity index (χ0) is 16.2. The highest BCUT2D eigenvalue weighted by Gasteiger charge is 2.39. The lowest BCUT2D eigenvalue weighted by atomic mass is 9.80. The number of hydrogen-bond acceptors (Lipinski definition) is 5. The number of carbonyl (C=O) groups is 2. The summed E-state index contributed by atoms with van der Waals surface area (Å²) < 4.78 is 5.00. The van der Waals surface area contributed by atoms with Crippen molar-refractivity contribution in [1.29, 1.82) is 0 Å². The fourth-order valence-corrected chi connectivity index (χ4v) is 2.04. The number of aromatic nitrogens is 2. The van der Waals surface area contributed by atoms with Crippen molar-refractivity contribution in [2.75, 3.05) is 11.9 Å². The predicted molar refractivity (Wildman–Crippen MR) is 79.7 cm³/mol. The van der Waals surface area contributed by atoms with Crippen molar-refractivity contribution in [2.24, 2.45) is 11.3 Å². The van der Waals surface area contributed by atoms with E-state index in [4.69, 9.17) is 4.74 Å². The Hall–Kier alpha value is -1.98. The van der Waals surface area contributed by atoms with Crippen molar-refractivity contribution < 1.29 is 14.3 Å². The lowest BCUT2D eigenvalue weighted by molar-refractivity contribution is -0.155. The van der Waals surface area contributed by atoms with Crippen molar-refractivity contribution >= 4 is 17.8 Å². The fraction of sp³-hybridized carbons (Fsp3) is 0.600. The van der Waals surface area contributed by atoms with Crippen molar-refractivity contribution in [3.05, 3.63) is 17.5 Å². The Morgan fingerprint density at radius 2 is 1.76 bits per heavy atom. The van der Waals surface area contributed by atoms with Crippen LogP contribution < -0.4 is 5.32 Å². The van der Waals surface area contributed by atoms with Crippen LogP contribution in [-0.4, -0.2) is 28.5 Å². The summed E-state index contributed by atoms with van der Waals surface area (Å²) in [5, 5.41) is 2.61. The summed E-state index contributed by atoms with van der Waals surface area (Å²) in [6.07, 6.45) is 0. The van der Waals surface area contributed by atoms with Crippen molar-refractivity contribution in [1.82, 2.24) is 9.97 Å². The largest absolute Gasteiger partial charge is 0.465 e. The molecule has 1 rings (SSSR count). The second kappa shape index (κ2) is 6.65. The molecule has 0 aliphatic carbocycles. The Morgan fingerprint density at radius 1 is 1.24 bits per heavy atom. The predicted octanol–water partition coefficient (Wildman–Crippen LogP) is 2.26. The van der Waals surface area contributed by atoms with E-state index in [1.54, 1.807) is 6.92 Å². The third-order valence-electron chi connectivity index (χ3n) is 2.87. The number of carbonyl (C=O) groups excluding carboxylic acids is 2. The summed E-state index contributed by atoms with van der Waals surface area (Å²) in [4.78, 5) is 32.7. The van der Waals surface area contributed by atoms with E-state index in [1.165, 1.54) is 0 Å². The second-order valence-electron chi connectivity index (χ2n) is 6.01. The SMILES string of the molecule is CCOC(=O)C(C(=O)Nc1nc(C)cc(C)n1)C(C)(C)C. The highest BCUT2D eigenvalue weighted by molar-refractivity contribution is 6.04. The molecule has 1 amide bonds. The van der Waals surface area contributed by atoms with Crippen LogP contribution in [0.1, 0.15) is 39.1 Å². The van der Waals surface area contributed by atoms with Crippen molar-refractivity contribution in [3.8, 4) is 0 Å². The first-order valence-electron chi connectivity index (χ1n) is 6.95. The summed E-state index contributed by atoms with van der Waals surface area (Å²) in [6, 6.07) is 1.81. The zero-order valence-electron chi connectivity index (χ0n) is 13.5. The van der Waals surface area contributed by atoms with Gasteiger partial charge in [0.1, 0.15) is 5.92 Å². The number of esters is 1. The van der Waals surface area contributed by atoms with Crippen molar-refractivity contribution in [3.63, 3.8) is 0 Å². The van der Waals surface area contributed by atoms with Crippen LogP contribution in [0.5, 0.6) is 0 Å². The van der Waals surface area contributed by atoms with Crippen LogP contribution in [0.4, 0.5) is 5.95 Å². The normalized spacial score (nSPS) is 12.7. The van der Waals surface area contributed by atoms with Crippen LogP contribution in [0.25, 0.3) is 0 Å². The first-order chi connectivity index (χ1) is 9.65. The lowest BCUT2D eigenvalue weighted by Crippen LogP contribution is -2.40. The quantitative estimate of drug-likeness (QED) is 0.680. The van der Waals surface area contributed by atoms with Gasteiger partial charge in [0.25, 0.3) is 0 Å². The minimum Gasteiger partial charge on any atom is -0.465 e. The molecule has 1 N–H and O–H groups in total. The van der Waals surface area contributed by atoms with E-state index >= 15 is 0 Å². The Labute approximate surface area is 125 Å². The standard InChI is InChI=1S/C15H23N3O3/c1-7-21-13(20)11(15(4,5)6)12(19)18-14-16-9(2)8-10(3)17-14/h8,11H,7H2,1-6H3,(H,16,17,18,19). The van der Waals surface area contributed by atoms with Gasteiger partial charge >= 0.3 is 5.97 Å². The maximum absolute atomic E-state index is 12.4. The monoisotopic (exact) mass is 293 g/mol. The van der Waals surface area contributed by atoms with E-state index in [9.17, 15) is 9.59 Å². The van der Waals surface area contributed by atoms with E-state index in [0.29, 0.717) is 0 Å². The molecule has 0 saturated carbocycles. The maximum Gasteiger partial charge on any atom is 0.319 e. The van der Waals surface area contributed by atoms with E-state index in [1.807, 2.05) is 40.7 Å². The summed E-state index contributed by atoms with van der Waals surface area (Å²) in [6.45, 7) is 11.0. The molecule has 0 saturated heterocycles. The highest BCUT2D eigenvalue weighted by Crippen LogP contribution is 2.28. The number of amides is 1. The second-order valence-corrected chi connectivity index (χ2v) is 6.01. The average Bonchev–Trinajstić information content (AvgIpc) is 2.25. The number of nitrogens with one attached hydrogen (secondary N) is 1. The molecule has 0 aliphatic rings. The van der Waals surface area contributed by atoms with Crippen LogP contribution in [0.2, 0.25) is 0 Å². The van der Waals surface area contributed by atoms with Crippen LogP contribution >= 0.6 is 0 Å². The first-order valence-corrected chi connectivity index (χ1v) is 6.95. The van der Waals surface area contributed by atoms with Gasteiger partial charge in [-0.1, -0.05) is 20.8 Å². The summed E-state index contributed by atoms with van der Waals surface area (Å²) >= 11 is 0. The molecule has 1 unspecified atom stereocenters. The van der Waals surface area contributed by atoms with Gasteiger partial charge in [0.15, 0.2) is 0 Å². The molecule has 0 bridgehead atoms. The number of aryl methyl sites for hydroxylation is 2. The van der Waals surface area contributed by atoms with Gasteiger partial charge < -0.3 is 4.74 Å². The number of hydrogen-bond donors (Lipinski definition) is 1. The summed E-state index contributed by atoms with van der Waals surface area (Å²) in [5.74, 6) is -1.70. The topological polar surface area (TPSA) is 81.2 Å². The summed E-state index contributed by atoms with van der Waals surface area (Å²) in [5.41, 5.74) is 0.942. The molecule has 0 fully saturated rings. The van der Waals surface area contributed by atoms with Crippen molar-refractivity contribution in [2.45, 2.75) is 41.5 Å². The molecule has 6 nitrogen and oxygen atoms in total. The molecule has 116 valence electrons. The zero-order valence-corrected chi connectivity index (χ0v) is 13.5. The lowest BCUT2D eigenvalue weighted by Gasteiger charge is -2.27. The molecule has 1 aromatic heterocycles. The van der Waals surface area contributed by atoms with Crippen LogP contribution in [0, 0.1) is 25.2 Å². The third kappa shape index (κ3) is 4.81. The number of rotatable bonds is 4. The average molecular weight is 293 g/mol. The van der Waals surface area contributed by atoms with Crippen LogP contribution in [0.15, 0.2) is 6.07 Å². The van der Waals surface area contributed by atoms with Gasteiger partial charge in [-0.15, -0.1) is 0 Å². The molecule has 0 aliphatic heterocycles. The summed E-state index contributed by atoms with van der Waals surface area (Å²) in [7, 11) is 0. The Bertz CT molecular complexity index is 515. The molecule has 1 heterocycles. The number of anilines is 1. The number of ether oxygens (including phenoxy) is 1. The third-order valence-corrected chi connectivity index (χ3v) is 2.87. The van der Waals surface area contributed by atoms with E-state index < -0.39 is 23.2 Å². The van der Waals surface area contributed by atoms with E-state index in [0.717, 1.165) is 11.4 Å². The molecular formula is C15H23N3O3. The van der Waals surface area contributed by atoms with Crippen LogP contribution in [-0.2, 0) is 14.3 Å². The van der Waals surface area contributed by atoms with Crippen LogP contribution in [0.3, 0.4) is 0 Å². The van der Waals surface area contributed by atoms with Gasteiger partial charge in [-0.3, -0.25) is 14.9 Å². The maximum atomic E-state index is 12.4. The van der Waals surface area contributed by atoms with Gasteiger partial charge in [-0.25, -0.2) is 9.97 Å². The molecule has 21 heavy (non-hydrogen) atoms. The minimum atomic E-state index is -0.915. The van der Waals surface area contributed by atoms with E-state index in [2.05, 4.69) is 15.3 Å². The fourth-order valence-electron chi connectivity index (χ4n) is 2.04. The van der Waals surface area contributed by atoms with Gasteiger partial charge in [0, 0.05) is 11.4 Å². The highest BCUT2D eigenvalue weighted by atomic mass is 16.5. The molecule has 0 spiro atoms. The Morgan fingerprint density at radius 3 is 2.19 bits per heavy atom. The smallest absolute Gasteiger partial charge is 0.319 e. The van der Waals surface area contributed by atoms with Gasteiger partial charge in [0.2, 0.25) is 11.9 Å². The molecule has 1 atom stereocenters. The Balaban J connectivity index is 2.98. The Kier molecular flexibility index (Phi) is 5.41. The van der Waals surface area contributed by atoms with Gasteiger partial charge in [-0.05, 0) is 32.3 Å². The molecule has 0 aromatic carbocycles. The van der Waals surface area contributed by atoms with Gasteiger partial charge in [-0.2, -0.15) is 0 Å². The number of nitrogens with zero attached hydrogens (tertiary/aromatic N) is 2. The minimum absolute atomic E-state index is 0.205. The molecule has 1 aromatic rings.